The quantitative estimate of drug-likeness (QED) is 0.754. The number of esters is 1. The second-order valence-electron chi connectivity index (χ2n) is 4.75. The molecule has 2 unspecified atom stereocenters. The van der Waals surface area contributed by atoms with Gasteiger partial charge in [-0.3, -0.25) is 4.90 Å². The lowest BCUT2D eigenvalue weighted by molar-refractivity contribution is 0.0595. The molecule has 2 heterocycles. The molecule has 1 aromatic rings. The van der Waals surface area contributed by atoms with Crippen molar-refractivity contribution in [1.82, 2.24) is 9.88 Å². The van der Waals surface area contributed by atoms with Crippen molar-refractivity contribution in [3.8, 4) is 0 Å². The molecular formula is C12H19N3O2. The van der Waals surface area contributed by atoms with Crippen molar-refractivity contribution in [2.75, 3.05) is 20.2 Å². The lowest BCUT2D eigenvalue weighted by Gasteiger charge is -2.13. The molecule has 2 rings (SSSR count). The number of carbonyl (C=O) groups excluding carboxylic acids is 1. The number of aromatic amines is 1. The molecule has 0 saturated carbocycles. The molecule has 0 bridgehead atoms. The van der Waals surface area contributed by atoms with Crippen LogP contribution in [0.25, 0.3) is 0 Å². The highest BCUT2D eigenvalue weighted by Gasteiger charge is 2.26. The van der Waals surface area contributed by atoms with Crippen LogP contribution >= 0.6 is 0 Å². The Hall–Kier alpha value is -1.33. The molecule has 5 heteroatoms. The number of nitrogens with one attached hydrogen (secondary N) is 1. The Balaban J connectivity index is 1.96. The number of ether oxygens (including phenoxy) is 1. The van der Waals surface area contributed by atoms with Crippen molar-refractivity contribution in [1.29, 1.82) is 0 Å². The summed E-state index contributed by atoms with van der Waals surface area (Å²) in [6.07, 6.45) is 1.85. The average molecular weight is 237 g/mol. The molecule has 2 atom stereocenters. The van der Waals surface area contributed by atoms with E-state index in [4.69, 9.17) is 5.73 Å². The number of nitrogens with two attached hydrogens (primary N) is 1. The Morgan fingerprint density at radius 2 is 2.41 bits per heavy atom. The van der Waals surface area contributed by atoms with Crippen LogP contribution in [0.2, 0.25) is 0 Å². The van der Waals surface area contributed by atoms with Gasteiger partial charge in [0.15, 0.2) is 0 Å². The summed E-state index contributed by atoms with van der Waals surface area (Å²) in [6, 6.07) is 2.09. The lowest BCUT2D eigenvalue weighted by Crippen LogP contribution is -2.28. The number of hydrogen-bond acceptors (Lipinski definition) is 4. The van der Waals surface area contributed by atoms with Crippen molar-refractivity contribution in [2.24, 2.45) is 11.7 Å². The standard InChI is InChI=1S/C12H19N3O2/c1-8-5-15(7-10(8)13)6-9-3-11(14-4-9)12(16)17-2/h3-4,8,10,14H,5-7,13H2,1-2H3. The fourth-order valence-corrected chi connectivity index (χ4v) is 2.24. The zero-order valence-corrected chi connectivity index (χ0v) is 10.3. The van der Waals surface area contributed by atoms with Gasteiger partial charge in [-0.05, 0) is 17.5 Å². The van der Waals surface area contributed by atoms with Gasteiger partial charge < -0.3 is 15.5 Å². The third-order valence-electron chi connectivity index (χ3n) is 3.30. The molecule has 0 aromatic carbocycles. The molecule has 1 aliphatic heterocycles. The summed E-state index contributed by atoms with van der Waals surface area (Å²) < 4.78 is 4.65. The van der Waals surface area contributed by atoms with E-state index in [1.54, 1.807) is 0 Å². The molecule has 3 N–H and O–H groups in total. The molecule has 94 valence electrons. The van der Waals surface area contributed by atoms with Gasteiger partial charge >= 0.3 is 5.97 Å². The summed E-state index contributed by atoms with van der Waals surface area (Å²) in [5.41, 5.74) is 7.56. The van der Waals surface area contributed by atoms with E-state index in [1.165, 1.54) is 7.11 Å². The third kappa shape index (κ3) is 2.68. The van der Waals surface area contributed by atoms with Crippen molar-refractivity contribution in [2.45, 2.75) is 19.5 Å². The van der Waals surface area contributed by atoms with Crippen LogP contribution in [0.4, 0.5) is 0 Å². The minimum atomic E-state index is -0.331. The van der Waals surface area contributed by atoms with Crippen molar-refractivity contribution in [3.63, 3.8) is 0 Å². The van der Waals surface area contributed by atoms with E-state index in [2.05, 4.69) is 21.5 Å². The third-order valence-corrected chi connectivity index (χ3v) is 3.30. The molecule has 0 aliphatic carbocycles. The molecule has 1 saturated heterocycles. The number of likely N-dealkylation sites (tertiary alicyclic amines) is 1. The van der Waals surface area contributed by atoms with Crippen molar-refractivity contribution < 1.29 is 9.53 Å². The summed E-state index contributed by atoms with van der Waals surface area (Å²) in [7, 11) is 1.38. The van der Waals surface area contributed by atoms with E-state index in [1.807, 2.05) is 12.3 Å². The van der Waals surface area contributed by atoms with Crippen LogP contribution in [0.1, 0.15) is 23.0 Å². The highest BCUT2D eigenvalue weighted by molar-refractivity contribution is 5.87. The molecule has 1 aromatic heterocycles. The molecule has 5 nitrogen and oxygen atoms in total. The van der Waals surface area contributed by atoms with E-state index < -0.39 is 0 Å². The minimum Gasteiger partial charge on any atom is -0.464 e. The predicted molar refractivity (Wildman–Crippen MR) is 64.5 cm³/mol. The summed E-state index contributed by atoms with van der Waals surface area (Å²) >= 11 is 0. The first-order valence-electron chi connectivity index (χ1n) is 5.83. The fourth-order valence-electron chi connectivity index (χ4n) is 2.24. The van der Waals surface area contributed by atoms with Crippen LogP contribution < -0.4 is 5.73 Å². The van der Waals surface area contributed by atoms with Gasteiger partial charge in [-0.25, -0.2) is 4.79 Å². The fraction of sp³-hybridized carbons (Fsp3) is 0.583. The first-order valence-corrected chi connectivity index (χ1v) is 5.83. The Kier molecular flexibility index (Phi) is 3.49. The van der Waals surface area contributed by atoms with Gasteiger partial charge in [-0.2, -0.15) is 0 Å². The van der Waals surface area contributed by atoms with E-state index >= 15 is 0 Å². The first kappa shape index (κ1) is 12.1. The number of aromatic nitrogens is 1. The minimum absolute atomic E-state index is 0.258. The molecule has 17 heavy (non-hydrogen) atoms. The largest absolute Gasteiger partial charge is 0.464 e. The Morgan fingerprint density at radius 1 is 1.65 bits per heavy atom. The highest BCUT2D eigenvalue weighted by Crippen LogP contribution is 2.17. The number of nitrogens with zero attached hydrogens (tertiary/aromatic N) is 1. The molecule has 1 aliphatic rings. The van der Waals surface area contributed by atoms with Gasteiger partial charge in [0.2, 0.25) is 0 Å². The topological polar surface area (TPSA) is 71.3 Å². The second-order valence-corrected chi connectivity index (χ2v) is 4.75. The monoisotopic (exact) mass is 237 g/mol. The van der Waals surface area contributed by atoms with E-state index in [-0.39, 0.29) is 12.0 Å². The molecule has 0 radical (unpaired) electrons. The molecular weight excluding hydrogens is 218 g/mol. The van der Waals surface area contributed by atoms with Crippen LogP contribution in [-0.2, 0) is 11.3 Å². The maximum absolute atomic E-state index is 11.3. The summed E-state index contributed by atoms with van der Waals surface area (Å²) in [4.78, 5) is 16.5. The molecule has 0 spiro atoms. The van der Waals surface area contributed by atoms with Crippen LogP contribution in [0, 0.1) is 5.92 Å². The maximum Gasteiger partial charge on any atom is 0.354 e. The van der Waals surface area contributed by atoms with Gasteiger partial charge in [0, 0.05) is 31.9 Å². The summed E-state index contributed by atoms with van der Waals surface area (Å²) in [6.45, 7) is 4.92. The lowest BCUT2D eigenvalue weighted by atomic mass is 10.1. The number of rotatable bonds is 3. The highest BCUT2D eigenvalue weighted by atomic mass is 16.5. The first-order chi connectivity index (χ1) is 8.10. The molecule has 1 fully saturated rings. The zero-order chi connectivity index (χ0) is 12.4. The van der Waals surface area contributed by atoms with Gasteiger partial charge in [0.1, 0.15) is 5.69 Å². The Labute approximate surface area is 101 Å². The second kappa shape index (κ2) is 4.89. The summed E-state index contributed by atoms with van der Waals surface area (Å²) in [5.74, 6) is 0.205. The van der Waals surface area contributed by atoms with Gasteiger partial charge in [-0.15, -0.1) is 0 Å². The smallest absolute Gasteiger partial charge is 0.354 e. The van der Waals surface area contributed by atoms with Crippen LogP contribution in [0.3, 0.4) is 0 Å². The van der Waals surface area contributed by atoms with Crippen LogP contribution in [0.5, 0.6) is 0 Å². The van der Waals surface area contributed by atoms with Crippen molar-refractivity contribution in [3.05, 3.63) is 23.5 Å². The van der Waals surface area contributed by atoms with E-state index in [9.17, 15) is 4.79 Å². The average Bonchev–Trinajstić information content (AvgIpc) is 2.87. The zero-order valence-electron chi connectivity index (χ0n) is 10.3. The molecule has 0 amide bonds. The Morgan fingerprint density at radius 3 is 3.00 bits per heavy atom. The number of hydrogen-bond donors (Lipinski definition) is 2. The van der Waals surface area contributed by atoms with Gasteiger partial charge in [-0.1, -0.05) is 6.92 Å². The SMILES string of the molecule is COC(=O)c1cc(CN2CC(C)C(N)C2)c[nH]1. The number of methoxy groups -OCH3 is 1. The number of H-pyrrole nitrogens is 1. The number of carbonyl (C=O) groups is 1. The predicted octanol–water partition coefficient (Wildman–Crippen LogP) is 0.580. The van der Waals surface area contributed by atoms with Crippen LogP contribution in [0.15, 0.2) is 12.3 Å². The van der Waals surface area contributed by atoms with Gasteiger partial charge in [0.05, 0.1) is 7.11 Å². The Bertz CT molecular complexity index is 392. The van der Waals surface area contributed by atoms with Crippen LogP contribution in [-0.4, -0.2) is 42.1 Å². The summed E-state index contributed by atoms with van der Waals surface area (Å²) in [5, 5.41) is 0. The van der Waals surface area contributed by atoms with E-state index in [0.717, 1.165) is 25.2 Å². The maximum atomic E-state index is 11.3. The van der Waals surface area contributed by atoms with E-state index in [0.29, 0.717) is 11.6 Å². The van der Waals surface area contributed by atoms with Gasteiger partial charge in [0.25, 0.3) is 0 Å². The van der Waals surface area contributed by atoms with Crippen molar-refractivity contribution >= 4 is 5.97 Å². The normalized spacial score (nSPS) is 25.1.